The van der Waals surface area contributed by atoms with Crippen molar-refractivity contribution in [2.75, 3.05) is 23.9 Å². The number of carboxylic acids is 1. The highest BCUT2D eigenvalue weighted by Crippen LogP contribution is 2.33. The Bertz CT molecular complexity index is 952. The molecule has 2 aromatic carbocycles. The smallest absolute Gasteiger partial charge is 0.335 e. The molecule has 4 rings (SSSR count). The van der Waals surface area contributed by atoms with Gasteiger partial charge in [0.1, 0.15) is 5.25 Å². The van der Waals surface area contributed by atoms with Crippen molar-refractivity contribution in [2.45, 2.75) is 18.2 Å². The molecule has 7 heteroatoms. The normalized spacial score (nSPS) is 17.8. The molecule has 0 amide bonds. The van der Waals surface area contributed by atoms with Gasteiger partial charge in [0, 0.05) is 26.2 Å². The number of carbonyl (C=O) groups is 1. The SMILES string of the molecule is O=C(O)c1cccc(CN2CC(S(=O)(=O)N3CCc4ccccc43)C2)c1. The van der Waals surface area contributed by atoms with Crippen molar-refractivity contribution in [3.63, 3.8) is 0 Å². The Hall–Kier alpha value is -2.38. The Labute approximate surface area is 152 Å². The molecule has 0 spiro atoms. The third-order valence-corrected chi connectivity index (χ3v) is 7.21. The summed E-state index contributed by atoms with van der Waals surface area (Å²) < 4.78 is 27.4. The number of carboxylic acid groups (broad SMARTS) is 1. The van der Waals surface area contributed by atoms with Crippen LogP contribution in [0.5, 0.6) is 0 Å². The van der Waals surface area contributed by atoms with E-state index in [0.29, 0.717) is 26.2 Å². The van der Waals surface area contributed by atoms with E-state index >= 15 is 0 Å². The van der Waals surface area contributed by atoms with E-state index in [-0.39, 0.29) is 5.56 Å². The number of fused-ring (bicyclic) bond motifs is 1. The Morgan fingerprint density at radius 2 is 1.88 bits per heavy atom. The molecule has 0 aliphatic carbocycles. The molecule has 1 fully saturated rings. The molecular formula is C19H20N2O4S. The summed E-state index contributed by atoms with van der Waals surface area (Å²) in [5.74, 6) is -0.955. The average Bonchev–Trinajstić information content (AvgIpc) is 3.02. The minimum absolute atomic E-state index is 0.251. The molecule has 136 valence electrons. The Balaban J connectivity index is 1.42. The van der Waals surface area contributed by atoms with Gasteiger partial charge in [0.15, 0.2) is 0 Å². The largest absolute Gasteiger partial charge is 0.478 e. The van der Waals surface area contributed by atoms with Crippen molar-refractivity contribution < 1.29 is 18.3 Å². The molecule has 1 saturated heterocycles. The Kier molecular flexibility index (Phi) is 4.20. The van der Waals surface area contributed by atoms with E-state index in [4.69, 9.17) is 5.11 Å². The molecule has 0 unspecified atom stereocenters. The van der Waals surface area contributed by atoms with E-state index in [9.17, 15) is 13.2 Å². The molecule has 0 aromatic heterocycles. The maximum absolute atomic E-state index is 12.9. The summed E-state index contributed by atoms with van der Waals surface area (Å²) in [5.41, 5.74) is 3.02. The number of benzene rings is 2. The second kappa shape index (κ2) is 6.41. The standard InChI is InChI=1S/C19H20N2O4S/c22-19(23)16-6-3-4-14(10-16)11-20-12-17(13-20)26(24,25)21-9-8-15-5-1-2-7-18(15)21/h1-7,10,17H,8-9,11-13H2,(H,22,23). The van der Waals surface area contributed by atoms with E-state index in [1.807, 2.05) is 35.2 Å². The van der Waals surface area contributed by atoms with Crippen LogP contribution in [0.3, 0.4) is 0 Å². The second-order valence-electron chi connectivity index (χ2n) is 6.82. The zero-order chi connectivity index (χ0) is 18.3. The number of likely N-dealkylation sites (tertiary alicyclic amines) is 1. The van der Waals surface area contributed by atoms with Crippen molar-refractivity contribution in [2.24, 2.45) is 0 Å². The monoisotopic (exact) mass is 372 g/mol. The molecule has 1 N–H and O–H groups in total. The van der Waals surface area contributed by atoms with E-state index < -0.39 is 21.2 Å². The lowest BCUT2D eigenvalue weighted by Crippen LogP contribution is -2.57. The first-order valence-corrected chi connectivity index (χ1v) is 10.1. The van der Waals surface area contributed by atoms with Crippen LogP contribution in [-0.2, 0) is 23.0 Å². The number of para-hydroxylation sites is 1. The molecule has 0 radical (unpaired) electrons. The average molecular weight is 372 g/mol. The minimum Gasteiger partial charge on any atom is -0.478 e. The molecule has 2 aliphatic rings. The lowest BCUT2D eigenvalue weighted by Gasteiger charge is -2.40. The molecule has 6 nitrogen and oxygen atoms in total. The number of hydrogen-bond donors (Lipinski definition) is 1. The number of nitrogens with zero attached hydrogens (tertiary/aromatic N) is 2. The summed E-state index contributed by atoms with van der Waals surface area (Å²) in [5, 5.41) is 8.66. The van der Waals surface area contributed by atoms with Gasteiger partial charge in [-0.15, -0.1) is 0 Å². The van der Waals surface area contributed by atoms with Crippen LogP contribution in [0.1, 0.15) is 21.5 Å². The zero-order valence-electron chi connectivity index (χ0n) is 14.2. The number of aromatic carboxylic acids is 1. The van der Waals surface area contributed by atoms with Crippen LogP contribution < -0.4 is 4.31 Å². The molecule has 0 saturated carbocycles. The topological polar surface area (TPSA) is 77.9 Å². The van der Waals surface area contributed by atoms with Gasteiger partial charge in [-0.05, 0) is 35.7 Å². The van der Waals surface area contributed by atoms with Gasteiger partial charge in [0.05, 0.1) is 11.3 Å². The lowest BCUT2D eigenvalue weighted by atomic mass is 10.1. The van der Waals surface area contributed by atoms with Gasteiger partial charge in [-0.3, -0.25) is 9.21 Å². The molecule has 2 aromatic rings. The summed E-state index contributed by atoms with van der Waals surface area (Å²) in [6, 6.07) is 14.4. The summed E-state index contributed by atoms with van der Waals surface area (Å²) in [7, 11) is -3.36. The first-order valence-electron chi connectivity index (χ1n) is 8.59. The van der Waals surface area contributed by atoms with Crippen LogP contribution in [0.2, 0.25) is 0 Å². The van der Waals surface area contributed by atoms with Crippen molar-refractivity contribution >= 4 is 21.7 Å². The lowest BCUT2D eigenvalue weighted by molar-refractivity contribution is 0.0696. The number of rotatable bonds is 5. The Morgan fingerprint density at radius 3 is 2.65 bits per heavy atom. The van der Waals surface area contributed by atoms with Gasteiger partial charge >= 0.3 is 5.97 Å². The second-order valence-corrected chi connectivity index (χ2v) is 8.95. The van der Waals surface area contributed by atoms with Crippen molar-refractivity contribution in [3.8, 4) is 0 Å². The van der Waals surface area contributed by atoms with E-state index in [1.54, 1.807) is 22.5 Å². The predicted molar refractivity (Wildman–Crippen MR) is 98.9 cm³/mol. The fraction of sp³-hybridized carbons (Fsp3) is 0.316. The van der Waals surface area contributed by atoms with Gasteiger partial charge in [-0.25, -0.2) is 13.2 Å². The summed E-state index contributed by atoms with van der Waals surface area (Å²) in [6.45, 7) is 2.01. The Morgan fingerprint density at radius 1 is 1.12 bits per heavy atom. The first kappa shape index (κ1) is 17.1. The fourth-order valence-electron chi connectivity index (χ4n) is 3.65. The quantitative estimate of drug-likeness (QED) is 0.868. The highest BCUT2D eigenvalue weighted by molar-refractivity contribution is 7.93. The molecular weight excluding hydrogens is 352 g/mol. The molecule has 2 heterocycles. The number of hydrogen-bond acceptors (Lipinski definition) is 4. The van der Waals surface area contributed by atoms with Gasteiger partial charge in [-0.2, -0.15) is 0 Å². The van der Waals surface area contributed by atoms with Crippen molar-refractivity contribution in [3.05, 3.63) is 65.2 Å². The minimum atomic E-state index is -3.36. The third kappa shape index (κ3) is 2.97. The van der Waals surface area contributed by atoms with Crippen LogP contribution in [0.25, 0.3) is 0 Å². The van der Waals surface area contributed by atoms with E-state index in [2.05, 4.69) is 0 Å². The molecule has 0 atom stereocenters. The molecule has 0 bridgehead atoms. The summed E-state index contributed by atoms with van der Waals surface area (Å²) in [6.07, 6.45) is 0.758. The van der Waals surface area contributed by atoms with Crippen LogP contribution in [0.4, 0.5) is 5.69 Å². The maximum Gasteiger partial charge on any atom is 0.335 e. The van der Waals surface area contributed by atoms with Gasteiger partial charge in [0.25, 0.3) is 0 Å². The van der Waals surface area contributed by atoms with Crippen LogP contribution >= 0.6 is 0 Å². The van der Waals surface area contributed by atoms with Gasteiger partial charge in [0.2, 0.25) is 10.0 Å². The summed E-state index contributed by atoms with van der Waals surface area (Å²) in [4.78, 5) is 13.1. The zero-order valence-corrected chi connectivity index (χ0v) is 15.0. The van der Waals surface area contributed by atoms with E-state index in [1.165, 1.54) is 0 Å². The summed E-state index contributed by atoms with van der Waals surface area (Å²) >= 11 is 0. The van der Waals surface area contributed by atoms with Crippen molar-refractivity contribution in [1.29, 1.82) is 0 Å². The van der Waals surface area contributed by atoms with Crippen LogP contribution in [0, 0.1) is 0 Å². The predicted octanol–water partition coefficient (Wildman–Crippen LogP) is 1.96. The molecule has 26 heavy (non-hydrogen) atoms. The number of sulfonamides is 1. The van der Waals surface area contributed by atoms with Crippen LogP contribution in [-0.4, -0.2) is 49.3 Å². The highest BCUT2D eigenvalue weighted by atomic mass is 32.2. The van der Waals surface area contributed by atoms with Gasteiger partial charge < -0.3 is 5.11 Å². The fourth-order valence-corrected chi connectivity index (χ4v) is 5.61. The van der Waals surface area contributed by atoms with Crippen LogP contribution in [0.15, 0.2) is 48.5 Å². The van der Waals surface area contributed by atoms with E-state index in [0.717, 1.165) is 23.2 Å². The first-order chi connectivity index (χ1) is 12.4. The maximum atomic E-state index is 12.9. The molecule has 2 aliphatic heterocycles. The number of anilines is 1. The van der Waals surface area contributed by atoms with Gasteiger partial charge in [-0.1, -0.05) is 30.3 Å². The van der Waals surface area contributed by atoms with Crippen molar-refractivity contribution in [1.82, 2.24) is 4.90 Å². The third-order valence-electron chi connectivity index (χ3n) is 5.08. The highest BCUT2D eigenvalue weighted by Gasteiger charge is 2.42.